The Balaban J connectivity index is 0.000000194. The number of ether oxygens (including phenoxy) is 7. The summed E-state index contributed by atoms with van der Waals surface area (Å²) >= 11 is 25.6. The Hall–Kier alpha value is -4.53. The zero-order valence-corrected chi connectivity index (χ0v) is 80.5. The molecule has 0 spiro atoms. The van der Waals surface area contributed by atoms with Crippen LogP contribution in [0.2, 0.25) is 74.6 Å². The summed E-state index contributed by atoms with van der Waals surface area (Å²) in [5.74, 6) is -1.49. The Morgan fingerprint density at radius 3 is 1.10 bits per heavy atom. The fourth-order valence-corrected chi connectivity index (χ4v) is 18.4. The summed E-state index contributed by atoms with van der Waals surface area (Å²) in [4.78, 5) is 26.1. The number of aliphatic hydroxyl groups excluding tert-OH is 1. The van der Waals surface area contributed by atoms with E-state index in [0.717, 1.165) is 66.6 Å². The van der Waals surface area contributed by atoms with Gasteiger partial charge in [-0.25, -0.2) is 29.9 Å². The number of fused-ring (bicyclic) bond motifs is 5. The van der Waals surface area contributed by atoms with Crippen LogP contribution in [-0.4, -0.2) is 144 Å². The number of hydrogen-bond donors (Lipinski definition) is 2. The van der Waals surface area contributed by atoms with Gasteiger partial charge in [0.1, 0.15) is 76.2 Å². The van der Waals surface area contributed by atoms with Crippen molar-refractivity contribution >= 4 is 104 Å². The molecule has 11 heterocycles. The summed E-state index contributed by atoms with van der Waals surface area (Å²) in [5.41, 5.74) is 7.49. The van der Waals surface area contributed by atoms with Gasteiger partial charge in [-0.3, -0.25) is 0 Å². The molecule has 29 heteroatoms. The molecule has 618 valence electrons. The maximum absolute atomic E-state index is 11.3. The van der Waals surface area contributed by atoms with Crippen molar-refractivity contribution in [3.8, 4) is 0 Å². The molecule has 0 saturated carbocycles. The van der Waals surface area contributed by atoms with Crippen LogP contribution in [0, 0.1) is 28.7 Å². The number of benzene rings is 3. The van der Waals surface area contributed by atoms with Crippen LogP contribution in [0.4, 0.5) is 0 Å². The van der Waals surface area contributed by atoms with E-state index in [1.807, 2.05) is 125 Å². The van der Waals surface area contributed by atoms with E-state index < -0.39 is 84.2 Å². The van der Waals surface area contributed by atoms with Gasteiger partial charge in [0.2, 0.25) is 0 Å². The number of aromatic nitrogens is 9. The molecule has 0 unspecified atom stereocenters. The molecule has 5 saturated heterocycles. The predicted octanol–water partition coefficient (Wildman–Crippen LogP) is 20.3. The minimum atomic E-state index is -1.97. The zero-order chi connectivity index (χ0) is 81.1. The van der Waals surface area contributed by atoms with Crippen molar-refractivity contribution in [1.82, 2.24) is 43.6 Å². The fraction of sp³-hybridized carbons (Fsp3) is 0.553. The van der Waals surface area contributed by atoms with E-state index in [2.05, 4.69) is 162 Å². The number of rotatable bonds is 18. The molecule has 2 N–H and O–H groups in total. The van der Waals surface area contributed by atoms with Gasteiger partial charge in [-0.1, -0.05) is 127 Å². The average Bonchev–Trinajstić information content (AvgIpc) is 1.56. The van der Waals surface area contributed by atoms with Gasteiger partial charge in [-0.15, -0.1) is 0 Å². The summed E-state index contributed by atoms with van der Waals surface area (Å²) in [5, 5.41) is 27.8. The molecule has 0 radical (unpaired) electrons. The van der Waals surface area contributed by atoms with Crippen LogP contribution in [0.3, 0.4) is 0 Å². The minimum Gasteiger partial charge on any atom is -0.413 e. The molecule has 0 amide bonds. The largest absolute Gasteiger partial charge is 2.00 e. The quantitative estimate of drug-likeness (QED) is 0.0463. The molecule has 5 aliphatic rings. The molecule has 3 aromatic carbocycles. The average molecular weight is 1750 g/mol. The Morgan fingerprint density at radius 1 is 0.439 bits per heavy atom. The van der Waals surface area contributed by atoms with E-state index in [0.29, 0.717) is 70.6 Å². The topological polar surface area (TPSA) is 225 Å². The Kier molecular flexibility index (Phi) is 28.0. The number of halogens is 4. The van der Waals surface area contributed by atoms with Crippen LogP contribution in [0.1, 0.15) is 174 Å². The molecule has 21 nitrogen and oxygen atoms in total. The smallest absolute Gasteiger partial charge is 0.413 e. The number of aliphatic hydroxyl groups is 2. The van der Waals surface area contributed by atoms with Gasteiger partial charge in [0.05, 0.1) is 54.9 Å². The summed E-state index contributed by atoms with van der Waals surface area (Å²) in [6.45, 7) is 52.6. The molecule has 9 aromatic rings. The second-order valence-corrected chi connectivity index (χ2v) is 52.7. The second kappa shape index (κ2) is 34.2. The van der Waals surface area contributed by atoms with Crippen LogP contribution in [0.15, 0.2) is 110 Å². The number of nitrogens with zero attached hydrogens (tertiary/aromatic N) is 9. The van der Waals surface area contributed by atoms with Crippen molar-refractivity contribution in [2.45, 2.75) is 302 Å². The van der Waals surface area contributed by atoms with Crippen molar-refractivity contribution in [1.29, 1.82) is 0 Å². The van der Waals surface area contributed by atoms with Gasteiger partial charge < -0.3 is 85.2 Å². The predicted molar refractivity (Wildman–Crippen MR) is 457 cm³/mol. The van der Waals surface area contributed by atoms with E-state index in [1.54, 1.807) is 17.8 Å². The zero-order valence-electron chi connectivity index (χ0n) is 71.6. The summed E-state index contributed by atoms with van der Waals surface area (Å²) < 4.78 is 71.4. The molecule has 114 heavy (non-hydrogen) atoms. The van der Waals surface area contributed by atoms with E-state index in [1.165, 1.54) is 12.7 Å². The third-order valence-corrected chi connectivity index (χ3v) is 39.2. The van der Waals surface area contributed by atoms with E-state index in [4.69, 9.17) is 92.8 Å². The second-order valence-electron chi connectivity index (χ2n) is 36.6. The van der Waals surface area contributed by atoms with E-state index in [9.17, 15) is 10.2 Å². The maximum atomic E-state index is 11.3. The first-order valence-corrected chi connectivity index (χ1v) is 48.6. The molecular formula is C85H119Cl4N9O12Si3Zn. The van der Waals surface area contributed by atoms with Crippen LogP contribution >= 0.6 is 46.4 Å². The SMILES string of the molecule is CC1(C)O[C@H]2[C@H](n3ccc4c(Cl)ncnc43)O[C@H](Cc3ccc(Cl)cc3CO[Si](C)(C)C(C)(C)C)[C@@]2(C)O1.Cc1ncnc2c1ccn2[C@@H]1O[C@H](Cc2ccc(Cl)cc2CO[Si](C)(C)C(C)(C)C)[C@@](C)(O)[C@H]1O.Cc1ncnc2c1ccn2[C@@H]1O[C@H](Cc2ccc(Cl)cc2CO[Si](C)(C)C(C)(C)C)[C@@]2(C)OC(C)(C)O[C@@H]12.[CH3-].[CH3-].[Zn+2]. The first kappa shape index (κ1) is 93.3. The minimum absolute atomic E-state index is 0. The van der Waals surface area contributed by atoms with Gasteiger partial charge in [0, 0.05) is 63.7 Å². The Bertz CT molecular complexity index is 4680. The molecule has 6 aromatic heterocycles. The normalized spacial score (nSPS) is 26.0. The van der Waals surface area contributed by atoms with Crippen molar-refractivity contribution in [2.75, 3.05) is 0 Å². The van der Waals surface area contributed by atoms with Crippen LogP contribution in [0.25, 0.3) is 33.1 Å². The van der Waals surface area contributed by atoms with Gasteiger partial charge in [-0.2, -0.15) is 0 Å². The molecule has 12 atom stereocenters. The molecule has 5 aliphatic heterocycles. The van der Waals surface area contributed by atoms with Crippen molar-refractivity contribution in [3.05, 3.63) is 190 Å². The standard InChI is InChI=1S/C29H40ClN3O4Si.C28H37Cl2N3O4Si.C26H36ClN3O4Si.2CH3.Zn/c1-18-22-12-13-33(25(22)32-17-31-18)26-24-29(7,37-28(5,6)36-24)23(35-26)15-19-10-11-21(30)14-20(19)16-34-38(8,9)27(2,3)4;1-26(2,3)38(7,8)34-15-18-13-19(29)10-9-17(18)14-21-28(6)22(36-27(4,5)37-28)25(35-21)33-12-11-20-23(30)31-16-32-24(20)33;1-16-20-10-11-30(23(20)29-15-28-16)24-22(31)26(5,32)21(34-24)13-17-8-9-19(27)12-18(17)14-33-35(6,7)25(2,3)4;;;/h10-14,17,23-24,26H,15-16H2,1-9H3;9-13,16,21-22,25H,14-15H2,1-8H3;8-12,15,21-22,24,31-32H,13-14H2,1-7H3;2*1H3;/q;;;2*-1;+2/t23-,24+,26-,29-;21-,22+,25-,28-;21-,22+,24-,26-;;;/m111.../s1. The molecule has 5 fully saturated rings. The van der Waals surface area contributed by atoms with Gasteiger partial charge >= 0.3 is 19.5 Å². The molecule has 0 aliphatic carbocycles. The third-order valence-electron chi connectivity index (χ3n) is 24.7. The van der Waals surface area contributed by atoms with Crippen molar-refractivity contribution < 1.29 is 76.1 Å². The summed E-state index contributed by atoms with van der Waals surface area (Å²) in [6.07, 6.45) is 7.35. The van der Waals surface area contributed by atoms with Crippen LogP contribution in [0.5, 0.6) is 0 Å². The van der Waals surface area contributed by atoms with Crippen LogP contribution in [-0.2, 0) is 105 Å². The maximum Gasteiger partial charge on any atom is 2.00 e. The monoisotopic (exact) mass is 1750 g/mol. The van der Waals surface area contributed by atoms with Crippen LogP contribution < -0.4 is 0 Å². The molecule has 14 rings (SSSR count). The van der Waals surface area contributed by atoms with E-state index >= 15 is 0 Å². The Morgan fingerprint density at radius 2 is 0.746 bits per heavy atom. The fourth-order valence-electron chi connectivity index (χ4n) is 14.8. The first-order chi connectivity index (χ1) is 51.4. The Labute approximate surface area is 711 Å². The van der Waals surface area contributed by atoms with E-state index in [-0.39, 0.29) is 73.9 Å². The van der Waals surface area contributed by atoms with Crippen molar-refractivity contribution in [3.63, 3.8) is 0 Å². The summed E-state index contributed by atoms with van der Waals surface area (Å²) in [6, 6.07) is 23.6. The third kappa shape index (κ3) is 18.8. The van der Waals surface area contributed by atoms with Gasteiger partial charge in [0.15, 0.2) is 55.2 Å². The number of aryl methyl sites for hydroxylation is 2. The van der Waals surface area contributed by atoms with Gasteiger partial charge in [0.25, 0.3) is 0 Å². The van der Waals surface area contributed by atoms with Crippen molar-refractivity contribution in [2.24, 2.45) is 0 Å². The first-order valence-electron chi connectivity index (χ1n) is 38.3. The summed E-state index contributed by atoms with van der Waals surface area (Å²) in [7, 11) is -5.86. The molecule has 0 bridgehead atoms. The van der Waals surface area contributed by atoms with Gasteiger partial charge in [-0.05, 0) is 205 Å². The molecular weight excluding hydrogens is 1630 g/mol. The number of hydrogen-bond acceptors (Lipinski definition) is 18.